The highest BCUT2D eigenvalue weighted by Crippen LogP contribution is 2.29. The quantitative estimate of drug-likeness (QED) is 0.0516. The minimum Gasteiger partial charge on any atom is -0.424 e. The number of unbranched alkanes of at least 4 members (excludes halogenated alkanes) is 7. The van der Waals surface area contributed by atoms with Gasteiger partial charge in [0.25, 0.3) is 0 Å². The van der Waals surface area contributed by atoms with Crippen LogP contribution in [0, 0.1) is 37.5 Å². The fraction of sp³-hybridized carbons (Fsp3) is 0.581. The standard InChI is InChI=1S/C27H37NO4.C16H24/c1-5-8-11-14-17-26(29)32-27-23(4)28-20-24(21-30-18-15-12-9-6-2)25(27)22-31-19-16-13-10-7-3;1-3-9-15(10-4-1)11-5-2-6-12-16-13-7-8-14-16/h2-3,5,8,20H,9-19,21-22H2,1,4H3;1,3-4,9-10,16H,2,5-8,11-14H2/b8-5-;. The van der Waals surface area contributed by atoms with Crippen LogP contribution >= 0.6 is 0 Å². The van der Waals surface area contributed by atoms with Gasteiger partial charge < -0.3 is 14.2 Å². The number of esters is 1. The van der Waals surface area contributed by atoms with Crippen molar-refractivity contribution in [2.75, 3.05) is 13.2 Å². The van der Waals surface area contributed by atoms with Crippen molar-refractivity contribution in [1.29, 1.82) is 0 Å². The van der Waals surface area contributed by atoms with E-state index >= 15 is 0 Å². The third-order valence-electron chi connectivity index (χ3n) is 8.73. The number of hydrogen-bond donors (Lipinski definition) is 0. The van der Waals surface area contributed by atoms with E-state index in [0.717, 1.165) is 68.4 Å². The third kappa shape index (κ3) is 18.8. The molecule has 1 aromatic carbocycles. The van der Waals surface area contributed by atoms with E-state index in [1.165, 1.54) is 63.4 Å². The summed E-state index contributed by atoms with van der Waals surface area (Å²) in [4.78, 5) is 16.8. The van der Waals surface area contributed by atoms with E-state index in [-0.39, 0.29) is 5.97 Å². The Labute approximate surface area is 292 Å². The zero-order chi connectivity index (χ0) is 34.5. The van der Waals surface area contributed by atoms with Gasteiger partial charge in [0.2, 0.25) is 0 Å². The number of pyridine rings is 1. The summed E-state index contributed by atoms with van der Waals surface area (Å²) in [5.74, 6) is 6.57. The SMILES string of the molecule is C#CCCCCOCc1cnc(C)c(OC(=O)CCC/C=C\C)c1COCCCCC#C.c1ccc(CCCCCC2CCCC2)cc1. The second-order valence-electron chi connectivity index (χ2n) is 12.8. The van der Waals surface area contributed by atoms with Gasteiger partial charge in [-0.15, -0.1) is 24.7 Å². The van der Waals surface area contributed by atoms with Gasteiger partial charge in [0.05, 0.1) is 18.9 Å². The molecule has 0 aliphatic heterocycles. The van der Waals surface area contributed by atoms with Crippen molar-refractivity contribution in [2.24, 2.45) is 5.92 Å². The van der Waals surface area contributed by atoms with E-state index in [0.29, 0.717) is 44.3 Å². The predicted molar refractivity (Wildman–Crippen MR) is 199 cm³/mol. The minimum absolute atomic E-state index is 0.262. The van der Waals surface area contributed by atoms with Gasteiger partial charge in [0, 0.05) is 49.8 Å². The summed E-state index contributed by atoms with van der Waals surface area (Å²) in [5.41, 5.74) is 3.85. The maximum absolute atomic E-state index is 12.4. The Kier molecular flexibility index (Phi) is 23.4. The predicted octanol–water partition coefficient (Wildman–Crippen LogP) is 10.7. The van der Waals surface area contributed by atoms with Crippen LogP contribution in [-0.4, -0.2) is 24.2 Å². The van der Waals surface area contributed by atoms with Gasteiger partial charge in [-0.2, -0.15) is 0 Å². The van der Waals surface area contributed by atoms with Gasteiger partial charge in [-0.1, -0.05) is 87.4 Å². The first-order valence-electron chi connectivity index (χ1n) is 18.4. The Morgan fingerprint density at radius 3 is 2.25 bits per heavy atom. The van der Waals surface area contributed by atoms with Crippen LogP contribution < -0.4 is 4.74 Å². The molecule has 1 aliphatic rings. The molecule has 0 amide bonds. The lowest BCUT2D eigenvalue weighted by Crippen LogP contribution is -2.13. The summed E-state index contributed by atoms with van der Waals surface area (Å²) in [6.45, 7) is 5.72. The van der Waals surface area contributed by atoms with Crippen molar-refractivity contribution >= 4 is 5.97 Å². The molecule has 262 valence electrons. The van der Waals surface area contributed by atoms with E-state index in [1.807, 2.05) is 26.0 Å². The van der Waals surface area contributed by atoms with Crippen LogP contribution in [-0.2, 0) is 33.9 Å². The molecule has 1 aromatic heterocycles. The van der Waals surface area contributed by atoms with E-state index in [1.54, 1.807) is 6.20 Å². The molecule has 0 unspecified atom stereocenters. The molecule has 0 N–H and O–H groups in total. The molecule has 1 saturated carbocycles. The second-order valence-corrected chi connectivity index (χ2v) is 12.8. The first-order valence-corrected chi connectivity index (χ1v) is 18.4. The van der Waals surface area contributed by atoms with Crippen molar-refractivity contribution in [3.63, 3.8) is 0 Å². The first kappa shape index (κ1) is 40.8. The number of allylic oxidation sites excluding steroid dienone is 2. The molecule has 2 aromatic rings. The Morgan fingerprint density at radius 1 is 0.896 bits per heavy atom. The van der Waals surface area contributed by atoms with Crippen LogP contribution in [0.25, 0.3) is 0 Å². The summed E-state index contributed by atoms with van der Waals surface area (Å²) in [6, 6.07) is 10.9. The Hall–Kier alpha value is -3.38. The molecule has 5 heteroatoms. The zero-order valence-electron chi connectivity index (χ0n) is 30.0. The van der Waals surface area contributed by atoms with Gasteiger partial charge in [0.15, 0.2) is 5.75 Å². The monoisotopic (exact) mass is 655 g/mol. The number of rotatable bonds is 23. The number of carbonyl (C=O) groups is 1. The normalized spacial score (nSPS) is 12.8. The molecule has 5 nitrogen and oxygen atoms in total. The van der Waals surface area contributed by atoms with Crippen LogP contribution in [0.15, 0.2) is 48.7 Å². The molecular formula is C43H61NO4. The van der Waals surface area contributed by atoms with E-state index < -0.39 is 0 Å². The van der Waals surface area contributed by atoms with E-state index in [9.17, 15) is 4.79 Å². The number of hydrogen-bond acceptors (Lipinski definition) is 5. The number of benzene rings is 1. The molecule has 3 rings (SSSR count). The summed E-state index contributed by atoms with van der Waals surface area (Å²) in [5, 5.41) is 0. The highest BCUT2D eigenvalue weighted by atomic mass is 16.5. The lowest BCUT2D eigenvalue weighted by molar-refractivity contribution is -0.134. The highest BCUT2D eigenvalue weighted by Gasteiger charge is 2.18. The van der Waals surface area contributed by atoms with Crippen molar-refractivity contribution in [3.05, 3.63) is 71.1 Å². The number of terminal acetylenes is 2. The van der Waals surface area contributed by atoms with Crippen LogP contribution in [0.5, 0.6) is 5.75 Å². The lowest BCUT2D eigenvalue weighted by Gasteiger charge is -2.17. The topological polar surface area (TPSA) is 57.7 Å². The zero-order valence-corrected chi connectivity index (χ0v) is 30.0. The van der Waals surface area contributed by atoms with Crippen LogP contribution in [0.2, 0.25) is 0 Å². The van der Waals surface area contributed by atoms with Gasteiger partial charge >= 0.3 is 5.97 Å². The summed E-state index contributed by atoms with van der Waals surface area (Å²) >= 11 is 0. The number of aryl methyl sites for hydroxylation is 2. The third-order valence-corrected chi connectivity index (χ3v) is 8.73. The van der Waals surface area contributed by atoms with Gasteiger partial charge in [-0.3, -0.25) is 9.78 Å². The molecule has 1 fully saturated rings. The number of aromatic nitrogens is 1. The van der Waals surface area contributed by atoms with Crippen molar-refractivity contribution in [2.45, 2.75) is 143 Å². The van der Waals surface area contributed by atoms with Crippen LogP contribution in [0.4, 0.5) is 0 Å². The Morgan fingerprint density at radius 2 is 1.58 bits per heavy atom. The second kappa shape index (κ2) is 27.6. The summed E-state index contributed by atoms with van der Waals surface area (Å²) in [7, 11) is 0. The molecule has 0 atom stereocenters. The molecule has 0 saturated heterocycles. The summed E-state index contributed by atoms with van der Waals surface area (Å²) < 4.78 is 17.4. The maximum atomic E-state index is 12.4. The fourth-order valence-electron chi connectivity index (χ4n) is 5.89. The van der Waals surface area contributed by atoms with Gasteiger partial charge in [-0.05, 0) is 76.7 Å². The smallest absolute Gasteiger partial charge is 0.311 e. The van der Waals surface area contributed by atoms with Crippen LogP contribution in [0.3, 0.4) is 0 Å². The molecule has 0 bridgehead atoms. The number of carbonyl (C=O) groups excluding carboxylic acids is 1. The fourth-order valence-corrected chi connectivity index (χ4v) is 5.89. The van der Waals surface area contributed by atoms with Crippen molar-refractivity contribution in [1.82, 2.24) is 4.98 Å². The maximum Gasteiger partial charge on any atom is 0.311 e. The Balaban J connectivity index is 0.000000413. The minimum atomic E-state index is -0.262. The van der Waals surface area contributed by atoms with Crippen molar-refractivity contribution in [3.8, 4) is 30.4 Å². The van der Waals surface area contributed by atoms with Gasteiger partial charge in [-0.25, -0.2) is 0 Å². The Bertz CT molecular complexity index is 1230. The number of nitrogens with zero attached hydrogens (tertiary/aromatic N) is 1. The van der Waals surface area contributed by atoms with Gasteiger partial charge in [0.1, 0.15) is 0 Å². The average Bonchev–Trinajstić information content (AvgIpc) is 3.63. The molecule has 1 aliphatic carbocycles. The highest BCUT2D eigenvalue weighted by molar-refractivity contribution is 5.73. The van der Waals surface area contributed by atoms with E-state index in [2.05, 4.69) is 47.2 Å². The van der Waals surface area contributed by atoms with Crippen LogP contribution in [0.1, 0.15) is 138 Å². The molecule has 0 radical (unpaired) electrons. The lowest BCUT2D eigenvalue weighted by atomic mass is 9.98. The number of ether oxygens (including phenoxy) is 3. The molecular weight excluding hydrogens is 594 g/mol. The molecule has 0 spiro atoms. The van der Waals surface area contributed by atoms with Crippen molar-refractivity contribution < 1.29 is 19.0 Å². The largest absolute Gasteiger partial charge is 0.424 e. The van der Waals surface area contributed by atoms with E-state index in [4.69, 9.17) is 27.1 Å². The summed E-state index contributed by atoms with van der Waals surface area (Å²) in [6.07, 6.45) is 36.5. The average molecular weight is 656 g/mol. The molecule has 1 heterocycles. The first-order chi connectivity index (χ1) is 23.6. The molecule has 48 heavy (non-hydrogen) atoms.